The Kier molecular flexibility index (Phi) is 8.98. The minimum Gasteiger partial charge on any atom is -0.460 e. The fraction of sp³-hybridized carbons (Fsp3) is 0.500. The maximum Gasteiger partial charge on any atom is 0.338 e. The lowest BCUT2D eigenvalue weighted by Gasteiger charge is -2.07. The predicted molar refractivity (Wildman–Crippen MR) is 75.2 cm³/mol. The van der Waals surface area contributed by atoms with Crippen LogP contribution in [0, 0.1) is 0 Å². The molecule has 0 bridgehead atoms. The Bertz CT molecular complexity index is 380. The number of hydrogen-bond donors (Lipinski definition) is 0. The van der Waals surface area contributed by atoms with Gasteiger partial charge in [-0.1, -0.05) is 11.6 Å². The van der Waals surface area contributed by atoms with Crippen LogP contribution in [0.4, 0.5) is 0 Å². The molecule has 0 aliphatic rings. The van der Waals surface area contributed by atoms with Gasteiger partial charge in [-0.3, -0.25) is 0 Å². The third-order valence-electron chi connectivity index (χ3n) is 2.34. The fourth-order valence-corrected chi connectivity index (χ4v) is 1.45. The summed E-state index contributed by atoms with van der Waals surface area (Å²) in [6.07, 6.45) is 0. The van der Waals surface area contributed by atoms with Crippen LogP contribution in [0.25, 0.3) is 0 Å². The van der Waals surface area contributed by atoms with Gasteiger partial charge in [0.25, 0.3) is 0 Å². The number of halogens is 1. The van der Waals surface area contributed by atoms with Gasteiger partial charge in [-0.15, -0.1) is 0 Å². The Hall–Kier alpha value is -1.14. The standard InChI is InChI=1S/C14H19ClO5/c1-17-6-7-18-8-9-19-10-11-20-14(16)12-2-4-13(15)5-3-12/h2-5H,6-11H2,1H3. The molecule has 0 aliphatic heterocycles. The van der Waals surface area contributed by atoms with Crippen LogP contribution in [-0.4, -0.2) is 52.7 Å². The highest BCUT2D eigenvalue weighted by atomic mass is 35.5. The van der Waals surface area contributed by atoms with Crippen LogP contribution in [0.3, 0.4) is 0 Å². The van der Waals surface area contributed by atoms with E-state index in [1.54, 1.807) is 31.4 Å². The van der Waals surface area contributed by atoms with Gasteiger partial charge in [0.05, 0.1) is 38.6 Å². The van der Waals surface area contributed by atoms with Crippen LogP contribution in [0.15, 0.2) is 24.3 Å². The monoisotopic (exact) mass is 302 g/mol. The first-order chi connectivity index (χ1) is 9.74. The normalized spacial score (nSPS) is 10.5. The van der Waals surface area contributed by atoms with Crippen molar-refractivity contribution in [2.45, 2.75) is 0 Å². The highest BCUT2D eigenvalue weighted by Crippen LogP contribution is 2.10. The smallest absolute Gasteiger partial charge is 0.338 e. The van der Waals surface area contributed by atoms with E-state index in [-0.39, 0.29) is 12.6 Å². The summed E-state index contributed by atoms with van der Waals surface area (Å²) in [5, 5.41) is 0.582. The molecule has 0 saturated carbocycles. The number of methoxy groups -OCH3 is 1. The molecule has 0 aliphatic carbocycles. The van der Waals surface area contributed by atoms with Crippen molar-refractivity contribution in [1.29, 1.82) is 0 Å². The van der Waals surface area contributed by atoms with Crippen LogP contribution in [-0.2, 0) is 18.9 Å². The van der Waals surface area contributed by atoms with Gasteiger partial charge in [0.15, 0.2) is 0 Å². The lowest BCUT2D eigenvalue weighted by molar-refractivity contribution is 0.00570. The van der Waals surface area contributed by atoms with Gasteiger partial charge in [0.1, 0.15) is 6.61 Å². The molecule has 0 aromatic heterocycles. The number of rotatable bonds is 10. The summed E-state index contributed by atoms with van der Waals surface area (Å²) in [5.74, 6) is -0.387. The molecule has 5 nitrogen and oxygen atoms in total. The number of benzene rings is 1. The zero-order valence-corrected chi connectivity index (χ0v) is 12.2. The molecule has 0 amide bonds. The second-order valence-corrected chi connectivity index (χ2v) is 4.30. The molecule has 6 heteroatoms. The predicted octanol–water partition coefficient (Wildman–Crippen LogP) is 2.18. The van der Waals surface area contributed by atoms with Gasteiger partial charge in [-0.25, -0.2) is 4.79 Å². The average Bonchev–Trinajstić information content (AvgIpc) is 2.46. The summed E-state index contributed by atoms with van der Waals surface area (Å²) in [6, 6.07) is 6.53. The van der Waals surface area contributed by atoms with Crippen LogP contribution in [0.1, 0.15) is 10.4 Å². The molecular weight excluding hydrogens is 284 g/mol. The van der Waals surface area contributed by atoms with Crippen molar-refractivity contribution in [2.24, 2.45) is 0 Å². The van der Waals surface area contributed by atoms with Crippen LogP contribution in [0.5, 0.6) is 0 Å². The number of carbonyl (C=O) groups is 1. The first-order valence-corrected chi connectivity index (χ1v) is 6.69. The lowest BCUT2D eigenvalue weighted by Crippen LogP contribution is -2.13. The van der Waals surface area contributed by atoms with Gasteiger partial charge in [-0.2, -0.15) is 0 Å². The van der Waals surface area contributed by atoms with Crippen LogP contribution >= 0.6 is 11.6 Å². The topological polar surface area (TPSA) is 54.0 Å². The van der Waals surface area contributed by atoms with Crippen molar-refractivity contribution in [3.05, 3.63) is 34.9 Å². The first-order valence-electron chi connectivity index (χ1n) is 6.31. The molecule has 0 fully saturated rings. The third-order valence-corrected chi connectivity index (χ3v) is 2.60. The second-order valence-electron chi connectivity index (χ2n) is 3.86. The molecule has 0 spiro atoms. The van der Waals surface area contributed by atoms with E-state index in [0.717, 1.165) is 0 Å². The summed E-state index contributed by atoms with van der Waals surface area (Å²) in [7, 11) is 1.62. The molecular formula is C14H19ClO5. The SMILES string of the molecule is COCCOCCOCCOC(=O)c1ccc(Cl)cc1. The number of ether oxygens (including phenoxy) is 4. The van der Waals surface area contributed by atoms with Crippen molar-refractivity contribution >= 4 is 17.6 Å². The summed E-state index contributed by atoms with van der Waals surface area (Å²) < 4.78 is 20.3. The van der Waals surface area contributed by atoms with Crippen molar-refractivity contribution in [2.75, 3.05) is 46.8 Å². The summed E-state index contributed by atoms with van der Waals surface area (Å²) in [6.45, 7) is 2.62. The van der Waals surface area contributed by atoms with E-state index in [1.165, 1.54) is 0 Å². The molecule has 0 heterocycles. The van der Waals surface area contributed by atoms with Gasteiger partial charge in [0, 0.05) is 12.1 Å². The van der Waals surface area contributed by atoms with Crippen molar-refractivity contribution < 1.29 is 23.7 Å². The number of esters is 1. The van der Waals surface area contributed by atoms with E-state index >= 15 is 0 Å². The molecule has 0 unspecified atom stereocenters. The van der Waals surface area contributed by atoms with Gasteiger partial charge < -0.3 is 18.9 Å². The summed E-state index contributed by atoms with van der Waals surface area (Å²) in [5.41, 5.74) is 0.470. The first kappa shape index (κ1) is 16.9. The number of carbonyl (C=O) groups excluding carboxylic acids is 1. The van der Waals surface area contributed by atoms with Crippen LogP contribution < -0.4 is 0 Å². The highest BCUT2D eigenvalue weighted by Gasteiger charge is 2.06. The molecule has 112 valence electrons. The minimum atomic E-state index is -0.387. The largest absolute Gasteiger partial charge is 0.460 e. The van der Waals surface area contributed by atoms with Gasteiger partial charge >= 0.3 is 5.97 Å². The Balaban J connectivity index is 2.01. The zero-order chi connectivity index (χ0) is 14.6. The third kappa shape index (κ3) is 7.45. The Morgan fingerprint density at radius 3 is 2.10 bits per heavy atom. The number of hydrogen-bond acceptors (Lipinski definition) is 5. The molecule has 0 radical (unpaired) electrons. The van der Waals surface area contributed by atoms with E-state index in [0.29, 0.717) is 43.6 Å². The summed E-state index contributed by atoms with van der Waals surface area (Å²) >= 11 is 5.73. The minimum absolute atomic E-state index is 0.208. The maximum absolute atomic E-state index is 11.6. The van der Waals surface area contributed by atoms with Crippen molar-refractivity contribution in [3.8, 4) is 0 Å². The van der Waals surface area contributed by atoms with E-state index in [1.807, 2.05) is 0 Å². The molecule has 1 rings (SSSR count). The van der Waals surface area contributed by atoms with Crippen molar-refractivity contribution in [1.82, 2.24) is 0 Å². The molecule has 1 aromatic carbocycles. The molecule has 1 aromatic rings. The molecule has 0 N–H and O–H groups in total. The van der Waals surface area contributed by atoms with Crippen molar-refractivity contribution in [3.63, 3.8) is 0 Å². The molecule has 0 saturated heterocycles. The van der Waals surface area contributed by atoms with E-state index in [9.17, 15) is 4.79 Å². The average molecular weight is 303 g/mol. The van der Waals surface area contributed by atoms with Gasteiger partial charge in [0.2, 0.25) is 0 Å². The Morgan fingerprint density at radius 1 is 0.950 bits per heavy atom. The second kappa shape index (κ2) is 10.6. The quantitative estimate of drug-likeness (QED) is 0.490. The fourth-order valence-electron chi connectivity index (χ4n) is 1.33. The Morgan fingerprint density at radius 2 is 1.50 bits per heavy atom. The molecule has 20 heavy (non-hydrogen) atoms. The van der Waals surface area contributed by atoms with E-state index < -0.39 is 0 Å². The van der Waals surface area contributed by atoms with Gasteiger partial charge in [-0.05, 0) is 24.3 Å². The lowest BCUT2D eigenvalue weighted by atomic mass is 10.2. The summed E-state index contributed by atoms with van der Waals surface area (Å²) in [4.78, 5) is 11.6. The van der Waals surface area contributed by atoms with E-state index in [4.69, 9.17) is 30.5 Å². The van der Waals surface area contributed by atoms with E-state index in [2.05, 4.69) is 0 Å². The van der Waals surface area contributed by atoms with Crippen LogP contribution in [0.2, 0.25) is 5.02 Å². The Labute approximate surface area is 123 Å². The molecule has 0 atom stereocenters. The zero-order valence-electron chi connectivity index (χ0n) is 11.5. The maximum atomic E-state index is 11.6. The highest BCUT2D eigenvalue weighted by molar-refractivity contribution is 6.30.